The van der Waals surface area contributed by atoms with Crippen LogP contribution in [0.5, 0.6) is 0 Å². The van der Waals surface area contributed by atoms with Gasteiger partial charge in [0, 0.05) is 5.33 Å². The third-order valence-corrected chi connectivity index (χ3v) is 3.11. The van der Waals surface area contributed by atoms with E-state index in [0.29, 0.717) is 0 Å². The molecule has 0 atom stereocenters. The molecule has 0 unspecified atom stereocenters. The van der Waals surface area contributed by atoms with E-state index in [1.54, 1.807) is 0 Å². The topological polar surface area (TPSA) is 0 Å². The largest absolute Gasteiger partial charge is 0.0876 e. The summed E-state index contributed by atoms with van der Waals surface area (Å²) in [6.07, 6.45) is 0. The summed E-state index contributed by atoms with van der Waals surface area (Å²) in [6.45, 7) is 2.12. The van der Waals surface area contributed by atoms with E-state index in [-0.39, 0.29) is 0 Å². The molecule has 0 spiro atoms. The Morgan fingerprint density at radius 1 is 0.933 bits per heavy atom. The summed E-state index contributed by atoms with van der Waals surface area (Å²) < 4.78 is 0. The van der Waals surface area contributed by atoms with Crippen LogP contribution in [0, 0.1) is 6.92 Å². The van der Waals surface area contributed by atoms with E-state index < -0.39 is 0 Å². The summed E-state index contributed by atoms with van der Waals surface area (Å²) in [6, 6.07) is 17.2. The minimum atomic E-state index is 0.918. The first kappa shape index (κ1) is 10.4. The SMILES string of the molecule is Cc1cccc(-c2ccc(CBr)cc2)c1. The van der Waals surface area contributed by atoms with Gasteiger partial charge in [-0.05, 0) is 23.6 Å². The number of benzene rings is 2. The molecule has 0 aromatic heterocycles. The molecule has 2 aromatic carbocycles. The number of hydrogen-bond donors (Lipinski definition) is 0. The molecule has 2 aromatic rings. The quantitative estimate of drug-likeness (QED) is 0.695. The second-order valence-corrected chi connectivity index (χ2v) is 4.26. The first-order valence-electron chi connectivity index (χ1n) is 5.01. The molecule has 0 saturated carbocycles. The molecule has 0 aliphatic carbocycles. The molecular weight excluding hydrogens is 248 g/mol. The summed E-state index contributed by atoms with van der Waals surface area (Å²) >= 11 is 3.45. The molecule has 0 nitrogen and oxygen atoms in total. The Balaban J connectivity index is 2.37. The van der Waals surface area contributed by atoms with E-state index in [0.717, 1.165) is 5.33 Å². The summed E-state index contributed by atoms with van der Waals surface area (Å²) in [7, 11) is 0. The first-order chi connectivity index (χ1) is 7.29. The molecule has 0 radical (unpaired) electrons. The van der Waals surface area contributed by atoms with Crippen LogP contribution in [0.25, 0.3) is 11.1 Å². The average molecular weight is 261 g/mol. The van der Waals surface area contributed by atoms with Gasteiger partial charge in [0.05, 0.1) is 0 Å². The van der Waals surface area contributed by atoms with Crippen molar-refractivity contribution in [2.45, 2.75) is 12.3 Å². The minimum Gasteiger partial charge on any atom is -0.0876 e. The van der Waals surface area contributed by atoms with Gasteiger partial charge in [0.2, 0.25) is 0 Å². The Kier molecular flexibility index (Phi) is 3.22. The highest BCUT2D eigenvalue weighted by molar-refractivity contribution is 9.08. The third-order valence-electron chi connectivity index (χ3n) is 2.46. The van der Waals surface area contributed by atoms with Crippen molar-refractivity contribution in [3.63, 3.8) is 0 Å². The van der Waals surface area contributed by atoms with Crippen molar-refractivity contribution in [1.82, 2.24) is 0 Å². The van der Waals surface area contributed by atoms with E-state index in [4.69, 9.17) is 0 Å². The van der Waals surface area contributed by atoms with E-state index in [1.165, 1.54) is 22.3 Å². The van der Waals surface area contributed by atoms with E-state index in [2.05, 4.69) is 71.4 Å². The lowest BCUT2D eigenvalue weighted by atomic mass is 10.0. The Morgan fingerprint density at radius 2 is 1.67 bits per heavy atom. The van der Waals surface area contributed by atoms with Crippen molar-refractivity contribution >= 4 is 15.9 Å². The van der Waals surface area contributed by atoms with E-state index >= 15 is 0 Å². The van der Waals surface area contributed by atoms with E-state index in [9.17, 15) is 0 Å². The lowest BCUT2D eigenvalue weighted by molar-refractivity contribution is 1.42. The van der Waals surface area contributed by atoms with Crippen molar-refractivity contribution in [1.29, 1.82) is 0 Å². The van der Waals surface area contributed by atoms with Gasteiger partial charge >= 0.3 is 0 Å². The van der Waals surface area contributed by atoms with Gasteiger partial charge in [-0.1, -0.05) is 70.0 Å². The zero-order valence-electron chi connectivity index (χ0n) is 8.70. The van der Waals surface area contributed by atoms with Crippen LogP contribution >= 0.6 is 15.9 Å². The number of halogens is 1. The van der Waals surface area contributed by atoms with Gasteiger partial charge < -0.3 is 0 Å². The molecule has 2 rings (SSSR count). The zero-order valence-corrected chi connectivity index (χ0v) is 10.3. The molecular formula is C14H13Br. The standard InChI is InChI=1S/C14H13Br/c1-11-3-2-4-14(9-11)13-7-5-12(10-15)6-8-13/h2-9H,10H2,1H3. The predicted molar refractivity (Wildman–Crippen MR) is 69.2 cm³/mol. The van der Waals surface area contributed by atoms with Crippen LogP contribution in [0.3, 0.4) is 0 Å². The summed E-state index contributed by atoms with van der Waals surface area (Å²) in [5.74, 6) is 0. The monoisotopic (exact) mass is 260 g/mol. The fraction of sp³-hybridized carbons (Fsp3) is 0.143. The van der Waals surface area contributed by atoms with Crippen LogP contribution in [-0.4, -0.2) is 0 Å². The molecule has 15 heavy (non-hydrogen) atoms. The van der Waals surface area contributed by atoms with E-state index in [1.807, 2.05) is 0 Å². The van der Waals surface area contributed by atoms with Crippen molar-refractivity contribution < 1.29 is 0 Å². The third kappa shape index (κ3) is 2.48. The Bertz CT molecular complexity index is 443. The highest BCUT2D eigenvalue weighted by atomic mass is 79.9. The van der Waals surface area contributed by atoms with Gasteiger partial charge in [0.1, 0.15) is 0 Å². The molecule has 0 fully saturated rings. The van der Waals surface area contributed by atoms with Crippen molar-refractivity contribution in [2.24, 2.45) is 0 Å². The first-order valence-corrected chi connectivity index (χ1v) is 6.14. The second kappa shape index (κ2) is 4.63. The smallest absolute Gasteiger partial charge is 0.0283 e. The lowest BCUT2D eigenvalue weighted by Gasteiger charge is -2.03. The maximum atomic E-state index is 3.45. The molecule has 1 heteroatoms. The van der Waals surface area contributed by atoms with Gasteiger partial charge in [-0.3, -0.25) is 0 Å². The predicted octanol–water partition coefficient (Wildman–Crippen LogP) is 4.56. The number of alkyl halides is 1. The molecule has 0 N–H and O–H groups in total. The molecule has 0 aliphatic rings. The summed E-state index contributed by atoms with van der Waals surface area (Å²) in [5.41, 5.74) is 5.18. The van der Waals surface area contributed by atoms with Gasteiger partial charge in [-0.25, -0.2) is 0 Å². The molecule has 0 bridgehead atoms. The molecule has 0 saturated heterocycles. The lowest BCUT2D eigenvalue weighted by Crippen LogP contribution is -1.81. The molecule has 0 aliphatic heterocycles. The van der Waals surface area contributed by atoms with Crippen LogP contribution in [0.2, 0.25) is 0 Å². The molecule has 0 heterocycles. The average Bonchev–Trinajstić information content (AvgIpc) is 2.29. The maximum Gasteiger partial charge on any atom is 0.0283 e. The van der Waals surface area contributed by atoms with Crippen LogP contribution in [0.4, 0.5) is 0 Å². The Morgan fingerprint density at radius 3 is 2.27 bits per heavy atom. The highest BCUT2D eigenvalue weighted by Gasteiger charge is 1.97. The van der Waals surface area contributed by atoms with Crippen LogP contribution < -0.4 is 0 Å². The number of rotatable bonds is 2. The van der Waals surface area contributed by atoms with Gasteiger partial charge in [-0.2, -0.15) is 0 Å². The fourth-order valence-electron chi connectivity index (χ4n) is 1.61. The fourth-order valence-corrected chi connectivity index (χ4v) is 1.98. The van der Waals surface area contributed by atoms with Crippen molar-refractivity contribution in [3.05, 3.63) is 59.7 Å². The van der Waals surface area contributed by atoms with Gasteiger partial charge in [-0.15, -0.1) is 0 Å². The summed E-state index contributed by atoms with van der Waals surface area (Å²) in [4.78, 5) is 0. The zero-order chi connectivity index (χ0) is 10.7. The minimum absolute atomic E-state index is 0.918. The van der Waals surface area contributed by atoms with Crippen LogP contribution in [0.15, 0.2) is 48.5 Å². The van der Waals surface area contributed by atoms with Crippen molar-refractivity contribution in [3.8, 4) is 11.1 Å². The normalized spacial score (nSPS) is 10.3. The molecule has 0 amide bonds. The van der Waals surface area contributed by atoms with Crippen molar-refractivity contribution in [2.75, 3.05) is 0 Å². The Labute approximate surface area is 99.1 Å². The van der Waals surface area contributed by atoms with Crippen LogP contribution in [0.1, 0.15) is 11.1 Å². The van der Waals surface area contributed by atoms with Gasteiger partial charge in [0.15, 0.2) is 0 Å². The number of hydrogen-bond acceptors (Lipinski definition) is 0. The highest BCUT2D eigenvalue weighted by Crippen LogP contribution is 2.21. The Hall–Kier alpha value is -1.08. The van der Waals surface area contributed by atoms with Gasteiger partial charge in [0.25, 0.3) is 0 Å². The number of aryl methyl sites for hydroxylation is 1. The maximum absolute atomic E-state index is 3.45. The second-order valence-electron chi connectivity index (χ2n) is 3.70. The summed E-state index contributed by atoms with van der Waals surface area (Å²) in [5, 5.41) is 0.918. The molecule has 76 valence electrons. The van der Waals surface area contributed by atoms with Crippen LogP contribution in [-0.2, 0) is 5.33 Å².